The number of aromatic amines is 1. The number of aromatic nitrogens is 3. The Hall–Kier alpha value is -3.52. The van der Waals surface area contributed by atoms with E-state index in [0.717, 1.165) is 22.2 Å². The summed E-state index contributed by atoms with van der Waals surface area (Å²) in [5.41, 5.74) is 2.82. The number of sulfone groups is 1. The van der Waals surface area contributed by atoms with Crippen LogP contribution in [0.1, 0.15) is 21.7 Å². The molecule has 8 heteroatoms. The topological polar surface area (TPSA) is 105 Å². The average Bonchev–Trinajstić information content (AvgIpc) is 3.17. The van der Waals surface area contributed by atoms with Gasteiger partial charge in [-0.3, -0.25) is 14.8 Å². The van der Waals surface area contributed by atoms with Gasteiger partial charge in [0, 0.05) is 41.7 Å². The van der Waals surface area contributed by atoms with Crippen LogP contribution in [0.25, 0.3) is 10.9 Å². The number of amides is 1. The summed E-state index contributed by atoms with van der Waals surface area (Å²) in [6, 6.07) is 13.2. The Bertz CT molecular complexity index is 1240. The van der Waals surface area contributed by atoms with Gasteiger partial charge in [0.1, 0.15) is 5.69 Å². The third kappa shape index (κ3) is 3.88. The Kier molecular flexibility index (Phi) is 4.85. The van der Waals surface area contributed by atoms with Gasteiger partial charge in [0.15, 0.2) is 0 Å². The van der Waals surface area contributed by atoms with Gasteiger partial charge in [-0.25, -0.2) is 8.42 Å². The Balaban J connectivity index is 1.45. The number of fused-ring (bicyclic) bond motifs is 1. The van der Waals surface area contributed by atoms with Gasteiger partial charge in [-0.05, 0) is 48.9 Å². The predicted molar refractivity (Wildman–Crippen MR) is 108 cm³/mol. The normalized spacial score (nSPS) is 11.5. The van der Waals surface area contributed by atoms with Crippen molar-refractivity contribution < 1.29 is 13.2 Å². The molecule has 0 radical (unpaired) electrons. The van der Waals surface area contributed by atoms with Gasteiger partial charge in [-0.15, -0.1) is 0 Å². The van der Waals surface area contributed by atoms with Crippen molar-refractivity contribution in [3.63, 3.8) is 0 Å². The summed E-state index contributed by atoms with van der Waals surface area (Å²) in [7, 11) is -3.62. The number of nitrogens with zero attached hydrogens (tertiary/aromatic N) is 2. The van der Waals surface area contributed by atoms with Gasteiger partial charge in [-0.2, -0.15) is 0 Å². The number of carbonyl (C=O) groups is 1. The van der Waals surface area contributed by atoms with Gasteiger partial charge in [0.2, 0.25) is 9.84 Å². The van der Waals surface area contributed by atoms with Crippen molar-refractivity contribution in [1.29, 1.82) is 0 Å². The fourth-order valence-corrected chi connectivity index (χ4v) is 4.11. The number of hydrogen-bond acceptors (Lipinski definition) is 5. The molecule has 1 aromatic carbocycles. The highest BCUT2D eigenvalue weighted by molar-refractivity contribution is 7.91. The van der Waals surface area contributed by atoms with Crippen LogP contribution in [0, 0.1) is 6.92 Å². The van der Waals surface area contributed by atoms with Crippen LogP contribution in [0.15, 0.2) is 76.9 Å². The summed E-state index contributed by atoms with van der Waals surface area (Å²) in [5, 5.41) is 3.68. The fraction of sp³-hybridized carbons (Fsp3) is 0.0952. The third-order valence-corrected chi connectivity index (χ3v) is 6.30. The first-order chi connectivity index (χ1) is 13.9. The monoisotopic (exact) mass is 406 g/mol. The number of aryl methyl sites for hydroxylation is 1. The van der Waals surface area contributed by atoms with Gasteiger partial charge in [0.05, 0.1) is 9.79 Å². The number of carbonyl (C=O) groups excluding carboxylic acids is 1. The second-order valence-electron chi connectivity index (χ2n) is 6.61. The minimum absolute atomic E-state index is 0.150. The van der Waals surface area contributed by atoms with E-state index < -0.39 is 9.84 Å². The van der Waals surface area contributed by atoms with E-state index in [0.29, 0.717) is 5.69 Å². The van der Waals surface area contributed by atoms with Crippen LogP contribution in [0.5, 0.6) is 0 Å². The van der Waals surface area contributed by atoms with Crippen molar-refractivity contribution in [2.75, 3.05) is 0 Å². The van der Waals surface area contributed by atoms with Crippen molar-refractivity contribution in [2.24, 2.45) is 0 Å². The molecule has 146 valence electrons. The Morgan fingerprint density at radius 3 is 2.48 bits per heavy atom. The zero-order valence-electron chi connectivity index (χ0n) is 15.6. The standard InChI is InChI=1S/C21H18N4O3S/c1-14-2-5-18(13-23-14)29(27,28)17-6-3-15(4-7-17)11-24-21(26)20-10-16-12-22-9-8-19(16)25-20/h2-10,12-13,25H,11H2,1H3,(H,24,26). The summed E-state index contributed by atoms with van der Waals surface area (Å²) in [5.74, 6) is -0.247. The van der Waals surface area contributed by atoms with E-state index in [2.05, 4.69) is 20.3 Å². The first-order valence-electron chi connectivity index (χ1n) is 8.91. The number of rotatable bonds is 5. The maximum Gasteiger partial charge on any atom is 0.267 e. The fourth-order valence-electron chi connectivity index (χ4n) is 2.91. The second kappa shape index (κ2) is 7.48. The number of benzene rings is 1. The quantitative estimate of drug-likeness (QED) is 0.530. The third-order valence-electron chi connectivity index (χ3n) is 4.55. The van der Waals surface area contributed by atoms with Gasteiger partial charge < -0.3 is 10.3 Å². The number of pyridine rings is 2. The minimum atomic E-state index is -3.62. The van der Waals surface area contributed by atoms with Crippen LogP contribution in [0.3, 0.4) is 0 Å². The van der Waals surface area contributed by atoms with Crippen molar-refractivity contribution in [2.45, 2.75) is 23.3 Å². The largest absolute Gasteiger partial charge is 0.350 e. The minimum Gasteiger partial charge on any atom is -0.350 e. The summed E-state index contributed by atoms with van der Waals surface area (Å²) < 4.78 is 25.3. The molecule has 4 rings (SSSR count). The summed E-state index contributed by atoms with van der Waals surface area (Å²) >= 11 is 0. The van der Waals surface area contributed by atoms with Crippen LogP contribution >= 0.6 is 0 Å². The molecule has 0 aliphatic rings. The van der Waals surface area contributed by atoms with Crippen molar-refractivity contribution in [3.05, 3.63) is 84.1 Å². The SMILES string of the molecule is Cc1ccc(S(=O)(=O)c2ccc(CNC(=O)c3cc4cnccc4[nH]3)cc2)cn1. The lowest BCUT2D eigenvalue weighted by Crippen LogP contribution is -2.23. The molecule has 29 heavy (non-hydrogen) atoms. The molecule has 4 aromatic rings. The Labute approximate surface area is 167 Å². The molecule has 0 aliphatic carbocycles. The molecule has 0 saturated heterocycles. The molecule has 0 spiro atoms. The van der Waals surface area contributed by atoms with E-state index in [1.54, 1.807) is 55.7 Å². The lowest BCUT2D eigenvalue weighted by molar-refractivity contribution is 0.0946. The maximum absolute atomic E-state index is 12.7. The van der Waals surface area contributed by atoms with E-state index in [1.165, 1.54) is 18.3 Å². The highest BCUT2D eigenvalue weighted by Crippen LogP contribution is 2.21. The second-order valence-corrected chi connectivity index (χ2v) is 8.56. The molecule has 0 bridgehead atoms. The first kappa shape index (κ1) is 18.8. The van der Waals surface area contributed by atoms with E-state index in [4.69, 9.17) is 0 Å². The van der Waals surface area contributed by atoms with Crippen LogP contribution in [-0.2, 0) is 16.4 Å². The highest BCUT2D eigenvalue weighted by Gasteiger charge is 2.18. The van der Waals surface area contributed by atoms with E-state index >= 15 is 0 Å². The van der Waals surface area contributed by atoms with Crippen molar-refractivity contribution >= 4 is 26.6 Å². The molecule has 3 heterocycles. The van der Waals surface area contributed by atoms with Crippen molar-refractivity contribution in [1.82, 2.24) is 20.3 Å². The molecule has 0 saturated carbocycles. The van der Waals surface area contributed by atoms with Gasteiger partial charge in [-0.1, -0.05) is 12.1 Å². The molecular weight excluding hydrogens is 388 g/mol. The average molecular weight is 406 g/mol. The molecule has 0 atom stereocenters. The van der Waals surface area contributed by atoms with E-state index in [-0.39, 0.29) is 22.2 Å². The highest BCUT2D eigenvalue weighted by atomic mass is 32.2. The smallest absolute Gasteiger partial charge is 0.267 e. The molecular formula is C21H18N4O3S. The number of hydrogen-bond donors (Lipinski definition) is 2. The summed E-state index contributed by atoms with van der Waals surface area (Å²) in [4.78, 5) is 23.8. The van der Waals surface area contributed by atoms with Crippen LogP contribution in [0.4, 0.5) is 0 Å². The van der Waals surface area contributed by atoms with Gasteiger partial charge >= 0.3 is 0 Å². The predicted octanol–water partition coefficient (Wildman–Crippen LogP) is 3.03. The zero-order chi connectivity index (χ0) is 20.4. The molecule has 0 unspecified atom stereocenters. The lowest BCUT2D eigenvalue weighted by Gasteiger charge is -2.07. The Morgan fingerprint density at radius 2 is 1.79 bits per heavy atom. The van der Waals surface area contributed by atoms with Crippen LogP contribution < -0.4 is 5.32 Å². The summed E-state index contributed by atoms with van der Waals surface area (Å²) in [6.45, 7) is 2.07. The zero-order valence-corrected chi connectivity index (χ0v) is 16.4. The van der Waals surface area contributed by atoms with E-state index in [9.17, 15) is 13.2 Å². The van der Waals surface area contributed by atoms with E-state index in [1.807, 2.05) is 0 Å². The Morgan fingerprint density at radius 1 is 1.03 bits per heavy atom. The lowest BCUT2D eigenvalue weighted by atomic mass is 10.2. The van der Waals surface area contributed by atoms with Crippen LogP contribution in [-0.4, -0.2) is 29.3 Å². The molecule has 0 aliphatic heterocycles. The van der Waals surface area contributed by atoms with Crippen LogP contribution in [0.2, 0.25) is 0 Å². The number of H-pyrrole nitrogens is 1. The van der Waals surface area contributed by atoms with Crippen molar-refractivity contribution in [3.8, 4) is 0 Å². The molecule has 7 nitrogen and oxygen atoms in total. The molecule has 3 aromatic heterocycles. The molecule has 0 fully saturated rings. The molecule has 2 N–H and O–H groups in total. The molecule has 1 amide bonds. The summed E-state index contributed by atoms with van der Waals surface area (Å²) in [6.07, 6.45) is 4.70. The number of nitrogens with one attached hydrogen (secondary N) is 2. The first-order valence-corrected chi connectivity index (χ1v) is 10.4. The van der Waals surface area contributed by atoms with Gasteiger partial charge in [0.25, 0.3) is 5.91 Å². The maximum atomic E-state index is 12.7.